The smallest absolute Gasteiger partial charge is 0.410 e. The van der Waals surface area contributed by atoms with Gasteiger partial charge in [-0.05, 0) is 45.1 Å². The van der Waals surface area contributed by atoms with Gasteiger partial charge in [-0.2, -0.15) is 0 Å². The van der Waals surface area contributed by atoms with Crippen LogP contribution in [0.25, 0.3) is 0 Å². The van der Waals surface area contributed by atoms with Gasteiger partial charge in [0.15, 0.2) is 0 Å². The Hall–Kier alpha value is -1.84. The maximum absolute atomic E-state index is 12.1. The number of nitrogens with zero attached hydrogens (tertiary/aromatic N) is 1. The van der Waals surface area contributed by atoms with Gasteiger partial charge >= 0.3 is 6.09 Å². The van der Waals surface area contributed by atoms with Crippen molar-refractivity contribution >= 4 is 12.4 Å². The van der Waals surface area contributed by atoms with E-state index in [0.717, 1.165) is 24.7 Å². The lowest BCUT2D eigenvalue weighted by Gasteiger charge is -2.35. The average Bonchev–Trinajstić information content (AvgIpc) is 2.48. The van der Waals surface area contributed by atoms with Crippen LogP contribution in [0.2, 0.25) is 0 Å². The highest BCUT2D eigenvalue weighted by Crippen LogP contribution is 2.31. The number of rotatable bonds is 3. The summed E-state index contributed by atoms with van der Waals surface area (Å²) in [5.41, 5.74) is 0.594. The van der Waals surface area contributed by atoms with E-state index >= 15 is 0 Å². The van der Waals surface area contributed by atoms with Gasteiger partial charge in [0, 0.05) is 19.0 Å². The molecule has 4 heteroatoms. The number of amides is 1. The second kappa shape index (κ2) is 6.95. The lowest BCUT2D eigenvalue weighted by molar-refractivity contribution is -0.110. The molecule has 1 aliphatic rings. The Bertz CT molecular complexity index is 499. The summed E-state index contributed by atoms with van der Waals surface area (Å²) in [4.78, 5) is 25.3. The molecule has 0 N–H and O–H groups in total. The van der Waals surface area contributed by atoms with Crippen molar-refractivity contribution in [1.82, 2.24) is 4.90 Å². The Morgan fingerprint density at radius 1 is 1.23 bits per heavy atom. The molecule has 0 bridgehead atoms. The number of carbonyl (C=O) groups excluding carboxylic acids is 2. The molecule has 0 saturated carbocycles. The molecule has 2 rings (SSSR count). The van der Waals surface area contributed by atoms with Gasteiger partial charge in [0.25, 0.3) is 0 Å². The van der Waals surface area contributed by atoms with Gasteiger partial charge in [0.05, 0.1) is 0 Å². The number of benzene rings is 1. The normalized spacial score (nSPS) is 17.9. The molecule has 0 aliphatic carbocycles. The molecule has 4 nitrogen and oxygen atoms in total. The lowest BCUT2D eigenvalue weighted by atomic mass is 9.81. The summed E-state index contributed by atoms with van der Waals surface area (Å²) >= 11 is 0. The Balaban J connectivity index is 1.94. The molecule has 1 fully saturated rings. The quantitative estimate of drug-likeness (QED) is 0.801. The van der Waals surface area contributed by atoms with Gasteiger partial charge in [-0.25, -0.2) is 4.79 Å². The minimum atomic E-state index is -0.469. The predicted octanol–water partition coefficient (Wildman–Crippen LogP) is 3.62. The van der Waals surface area contributed by atoms with Crippen molar-refractivity contribution in [2.24, 2.45) is 5.92 Å². The van der Waals surface area contributed by atoms with E-state index in [1.165, 1.54) is 0 Å². The van der Waals surface area contributed by atoms with Crippen molar-refractivity contribution in [1.29, 1.82) is 0 Å². The SMILES string of the molecule is CC(C)(C)OC(=O)N1CCC(C(C=O)c2ccccc2)CC1. The van der Waals surface area contributed by atoms with Crippen molar-refractivity contribution < 1.29 is 14.3 Å². The van der Waals surface area contributed by atoms with Gasteiger partial charge in [-0.3, -0.25) is 0 Å². The van der Waals surface area contributed by atoms with E-state index in [1.54, 1.807) is 4.90 Å². The molecule has 1 heterocycles. The lowest BCUT2D eigenvalue weighted by Crippen LogP contribution is -2.42. The number of aldehydes is 1. The maximum atomic E-state index is 12.1. The second-order valence-electron chi connectivity index (χ2n) is 6.88. The van der Waals surface area contributed by atoms with Crippen LogP contribution in [0.5, 0.6) is 0 Å². The monoisotopic (exact) mass is 303 g/mol. The largest absolute Gasteiger partial charge is 0.444 e. The van der Waals surface area contributed by atoms with Gasteiger partial charge in [-0.1, -0.05) is 30.3 Å². The molecule has 0 spiro atoms. The Labute approximate surface area is 132 Å². The number of piperidine rings is 1. The highest BCUT2D eigenvalue weighted by atomic mass is 16.6. The predicted molar refractivity (Wildman–Crippen MR) is 85.8 cm³/mol. The molecule has 22 heavy (non-hydrogen) atoms. The van der Waals surface area contributed by atoms with E-state index < -0.39 is 5.60 Å². The topological polar surface area (TPSA) is 46.6 Å². The average molecular weight is 303 g/mol. The molecule has 0 aromatic heterocycles. The third kappa shape index (κ3) is 4.33. The summed E-state index contributed by atoms with van der Waals surface area (Å²) in [5, 5.41) is 0. The molecule has 1 aliphatic heterocycles. The fraction of sp³-hybridized carbons (Fsp3) is 0.556. The van der Waals surface area contributed by atoms with Crippen molar-refractivity contribution in [3.8, 4) is 0 Å². The van der Waals surface area contributed by atoms with Crippen LogP contribution in [0.3, 0.4) is 0 Å². The molecule has 120 valence electrons. The Kier molecular flexibility index (Phi) is 5.22. The first-order valence-electron chi connectivity index (χ1n) is 7.89. The van der Waals surface area contributed by atoms with Gasteiger partial charge in [0.1, 0.15) is 11.9 Å². The molecule has 1 unspecified atom stereocenters. The van der Waals surface area contributed by atoms with Crippen molar-refractivity contribution in [2.45, 2.75) is 45.1 Å². The molecule has 0 radical (unpaired) electrons. The fourth-order valence-electron chi connectivity index (χ4n) is 2.90. The van der Waals surface area contributed by atoms with Gasteiger partial charge in [0.2, 0.25) is 0 Å². The van der Waals surface area contributed by atoms with Crippen molar-refractivity contribution in [3.05, 3.63) is 35.9 Å². The molecular formula is C18H25NO3. The molecule has 1 atom stereocenters. The molecule has 1 saturated heterocycles. The van der Waals surface area contributed by atoms with Crippen LogP contribution in [-0.2, 0) is 9.53 Å². The highest BCUT2D eigenvalue weighted by Gasteiger charge is 2.31. The minimum absolute atomic E-state index is 0.0815. The number of carbonyl (C=O) groups is 2. The maximum Gasteiger partial charge on any atom is 0.410 e. The van der Waals surface area contributed by atoms with Gasteiger partial charge < -0.3 is 14.4 Å². The Morgan fingerprint density at radius 3 is 2.32 bits per heavy atom. The van der Waals surface area contributed by atoms with Crippen LogP contribution in [0.15, 0.2) is 30.3 Å². The zero-order chi connectivity index (χ0) is 16.2. The standard InChI is InChI=1S/C18H25NO3/c1-18(2,3)22-17(21)19-11-9-15(10-12-19)16(13-20)14-7-5-4-6-8-14/h4-8,13,15-16H,9-12H2,1-3H3. The highest BCUT2D eigenvalue weighted by molar-refractivity contribution is 5.68. The van der Waals surface area contributed by atoms with Crippen LogP contribution in [0.4, 0.5) is 4.79 Å². The van der Waals surface area contributed by atoms with Crippen molar-refractivity contribution in [2.75, 3.05) is 13.1 Å². The number of hydrogen-bond donors (Lipinski definition) is 0. The second-order valence-corrected chi connectivity index (χ2v) is 6.88. The zero-order valence-electron chi connectivity index (χ0n) is 13.6. The first kappa shape index (κ1) is 16.5. The third-order valence-corrected chi connectivity index (χ3v) is 4.03. The van der Waals surface area contributed by atoms with E-state index in [-0.39, 0.29) is 12.0 Å². The van der Waals surface area contributed by atoms with Crippen LogP contribution >= 0.6 is 0 Å². The number of hydrogen-bond acceptors (Lipinski definition) is 3. The molecule has 1 aromatic rings. The third-order valence-electron chi connectivity index (χ3n) is 4.03. The fourth-order valence-corrected chi connectivity index (χ4v) is 2.90. The summed E-state index contributed by atoms with van der Waals surface area (Å²) in [6, 6.07) is 9.87. The van der Waals surface area contributed by atoms with Crippen LogP contribution in [0.1, 0.15) is 45.1 Å². The summed E-state index contributed by atoms with van der Waals surface area (Å²) in [7, 11) is 0. The summed E-state index contributed by atoms with van der Waals surface area (Å²) in [6.07, 6.45) is 2.45. The van der Waals surface area contributed by atoms with E-state index in [9.17, 15) is 9.59 Å². The molecule has 1 amide bonds. The first-order valence-corrected chi connectivity index (χ1v) is 7.89. The van der Waals surface area contributed by atoms with E-state index in [0.29, 0.717) is 19.0 Å². The molecule has 1 aromatic carbocycles. The van der Waals surface area contributed by atoms with Crippen molar-refractivity contribution in [3.63, 3.8) is 0 Å². The number of likely N-dealkylation sites (tertiary alicyclic amines) is 1. The van der Waals surface area contributed by atoms with E-state index in [1.807, 2.05) is 51.1 Å². The van der Waals surface area contributed by atoms with E-state index in [2.05, 4.69) is 0 Å². The summed E-state index contributed by atoms with van der Waals surface area (Å²) in [6.45, 7) is 6.91. The van der Waals surface area contributed by atoms with Crippen LogP contribution in [-0.4, -0.2) is 36.0 Å². The zero-order valence-corrected chi connectivity index (χ0v) is 13.6. The Morgan fingerprint density at radius 2 is 1.82 bits per heavy atom. The van der Waals surface area contributed by atoms with Gasteiger partial charge in [-0.15, -0.1) is 0 Å². The van der Waals surface area contributed by atoms with E-state index in [4.69, 9.17) is 4.74 Å². The minimum Gasteiger partial charge on any atom is -0.444 e. The van der Waals surface area contributed by atoms with Crippen LogP contribution < -0.4 is 0 Å². The summed E-state index contributed by atoms with van der Waals surface area (Å²) < 4.78 is 5.40. The summed E-state index contributed by atoms with van der Waals surface area (Å²) in [5.74, 6) is 0.209. The van der Waals surface area contributed by atoms with Crippen LogP contribution in [0, 0.1) is 5.92 Å². The molecular weight excluding hydrogens is 278 g/mol. The first-order chi connectivity index (χ1) is 10.4. The number of ether oxygens (including phenoxy) is 1.